The molecule has 0 saturated carbocycles. The van der Waals surface area contributed by atoms with Crippen molar-refractivity contribution in [1.82, 2.24) is 0 Å². The molecule has 386 valence electrons. The molecular weight excluding hydrogens is 940 g/mol. The molecule has 0 bridgehead atoms. The molecule has 3 fully saturated rings. The molecule has 3 aliphatic rings. The van der Waals surface area contributed by atoms with Crippen molar-refractivity contribution in [1.29, 1.82) is 0 Å². The molecule has 6 aromatic rings. The minimum absolute atomic E-state index is 0.0588. The zero-order valence-corrected chi connectivity index (χ0v) is 43.6. The topological polar surface area (TPSA) is 103 Å². The maximum atomic E-state index is 18.1. The van der Waals surface area contributed by atoms with Crippen molar-refractivity contribution in [2.75, 3.05) is 13.2 Å². The summed E-state index contributed by atoms with van der Waals surface area (Å²) in [5.74, 6) is -1.08. The Labute approximate surface area is 431 Å². The first kappa shape index (κ1) is 52.9. The van der Waals surface area contributed by atoms with Crippen LogP contribution in [0.3, 0.4) is 0 Å². The van der Waals surface area contributed by atoms with Gasteiger partial charge in [-0.15, -0.1) is 0 Å². The van der Waals surface area contributed by atoms with Crippen molar-refractivity contribution < 1.29 is 51.8 Å². The molecule has 1 N–H and O–H groups in total. The van der Waals surface area contributed by atoms with Crippen molar-refractivity contribution in [3.05, 3.63) is 204 Å². The van der Waals surface area contributed by atoms with E-state index >= 15 is 4.39 Å². The zero-order chi connectivity index (χ0) is 50.8. The first-order chi connectivity index (χ1) is 35.4. The van der Waals surface area contributed by atoms with Gasteiger partial charge in [0.1, 0.15) is 61.1 Å². The number of aliphatic hydroxyl groups is 1. The van der Waals surface area contributed by atoms with E-state index in [1.807, 2.05) is 158 Å². The van der Waals surface area contributed by atoms with E-state index < -0.39 is 81.3 Å². The number of benzene rings is 6. The third kappa shape index (κ3) is 12.8. The predicted molar refractivity (Wildman–Crippen MR) is 281 cm³/mol. The minimum atomic E-state index is -3.08. The smallest absolute Gasteiger partial charge is 0.261 e. The van der Waals surface area contributed by atoms with Gasteiger partial charge in [0.15, 0.2) is 5.79 Å². The van der Waals surface area contributed by atoms with E-state index in [0.717, 1.165) is 32.6 Å². The Morgan fingerprint density at radius 1 is 0.521 bits per heavy atom. The molecule has 9 rings (SSSR count). The van der Waals surface area contributed by atoms with E-state index in [4.69, 9.17) is 42.3 Å². The summed E-state index contributed by atoms with van der Waals surface area (Å²) in [6, 6.07) is 60.3. The molecule has 6 aromatic carbocycles. The van der Waals surface area contributed by atoms with Crippen LogP contribution >= 0.6 is 0 Å². The van der Waals surface area contributed by atoms with Gasteiger partial charge in [-0.25, -0.2) is 4.39 Å². The van der Waals surface area contributed by atoms with Gasteiger partial charge >= 0.3 is 0 Å². The van der Waals surface area contributed by atoms with Crippen LogP contribution in [-0.2, 0) is 68.7 Å². The number of hydrogen-bond donors (Lipinski definition) is 1. The number of aliphatic hydroxyl groups excluding tert-OH is 1. The second kappa shape index (κ2) is 24.2. The SMILES string of the molecule is CC1(C)O[C@@H]2[C@@H](O)[C@H]([C@@H](F)C[C@@H]3O[C@@H](COCc4ccccc4)[C@H](OCc4ccccc4)[C@@H](OCc4ccccc4)[C@H]3OCc3ccccc3)O[C@H](CO[Si](c3ccccc3)(c3ccccc3)C(C)(C)C)[C@@H]2O1. The molecule has 12 heteroatoms. The number of halogens is 1. The van der Waals surface area contributed by atoms with Gasteiger partial charge in [0.05, 0.1) is 45.7 Å². The molecule has 0 aliphatic carbocycles. The molecule has 0 radical (unpaired) electrons. The Hall–Kier alpha value is -4.93. The quantitative estimate of drug-likeness (QED) is 0.0702. The maximum absolute atomic E-state index is 18.1. The fourth-order valence-electron chi connectivity index (χ4n) is 10.7. The maximum Gasteiger partial charge on any atom is 0.261 e. The molecule has 0 amide bonds. The summed E-state index contributed by atoms with van der Waals surface area (Å²) in [6.07, 6.45) is -11.2. The van der Waals surface area contributed by atoms with E-state index in [-0.39, 0.29) is 44.5 Å². The summed E-state index contributed by atoms with van der Waals surface area (Å²) in [4.78, 5) is 0. The second-order valence-electron chi connectivity index (χ2n) is 20.9. The standard InChI is InChI=1S/C61H71FO10Si/c1-60(2,3)73(47-32-20-10-21-33-47,48-34-22-11-23-35-48)68-42-52-57-58(72-61(4,5)71-57)53(63)54(70-52)49(62)36-50-55(65-38-44-26-14-7-15-27-44)59(67-40-46-30-18-9-19-31-46)56(66-39-45-28-16-8-17-29-45)51(69-50)41-64-37-43-24-12-6-13-25-43/h6-35,49-59,63H,36-42H2,1-5H3/t49-,50-,51-,52+,53-,54-,55-,56-,57-,58+,59-/m0/s1. The normalized spacial score (nSPS) is 26.5. The van der Waals surface area contributed by atoms with E-state index in [2.05, 4.69) is 45.0 Å². The molecule has 73 heavy (non-hydrogen) atoms. The van der Waals surface area contributed by atoms with Crippen LogP contribution in [0.15, 0.2) is 182 Å². The van der Waals surface area contributed by atoms with Gasteiger partial charge < -0.3 is 47.4 Å². The Balaban J connectivity index is 1.04. The lowest BCUT2D eigenvalue weighted by atomic mass is 9.87. The van der Waals surface area contributed by atoms with E-state index in [1.165, 1.54) is 0 Å². The molecule has 3 saturated heterocycles. The third-order valence-electron chi connectivity index (χ3n) is 14.2. The average molecular weight is 1010 g/mol. The fraction of sp³-hybridized carbons (Fsp3) is 0.410. The molecule has 11 atom stereocenters. The molecule has 0 unspecified atom stereocenters. The van der Waals surface area contributed by atoms with Gasteiger partial charge in [-0.05, 0) is 51.5 Å². The van der Waals surface area contributed by atoms with E-state index in [9.17, 15) is 5.11 Å². The van der Waals surface area contributed by atoms with Crippen molar-refractivity contribution in [2.24, 2.45) is 0 Å². The molecule has 0 spiro atoms. The van der Waals surface area contributed by atoms with Gasteiger partial charge in [-0.1, -0.05) is 203 Å². The molecule has 0 aromatic heterocycles. The predicted octanol–water partition coefficient (Wildman–Crippen LogP) is 9.68. The van der Waals surface area contributed by atoms with Crippen molar-refractivity contribution in [3.8, 4) is 0 Å². The lowest BCUT2D eigenvalue weighted by Gasteiger charge is -2.48. The second-order valence-corrected chi connectivity index (χ2v) is 25.2. The molecule has 3 heterocycles. The molecule has 10 nitrogen and oxygen atoms in total. The van der Waals surface area contributed by atoms with E-state index in [1.54, 1.807) is 13.8 Å². The van der Waals surface area contributed by atoms with Crippen molar-refractivity contribution in [3.63, 3.8) is 0 Å². The van der Waals surface area contributed by atoms with Gasteiger partial charge in [0.25, 0.3) is 8.32 Å². The summed E-state index contributed by atoms with van der Waals surface area (Å²) in [6.45, 7) is 11.4. The summed E-state index contributed by atoms with van der Waals surface area (Å²) >= 11 is 0. The number of alkyl halides is 1. The Morgan fingerprint density at radius 3 is 1.40 bits per heavy atom. The lowest BCUT2D eigenvalue weighted by molar-refractivity contribution is -0.279. The van der Waals surface area contributed by atoms with Crippen molar-refractivity contribution in [2.45, 2.75) is 146 Å². The van der Waals surface area contributed by atoms with Gasteiger partial charge in [-0.2, -0.15) is 0 Å². The van der Waals surface area contributed by atoms with E-state index in [0.29, 0.717) is 6.61 Å². The lowest BCUT2D eigenvalue weighted by Crippen LogP contribution is -2.68. The Morgan fingerprint density at radius 2 is 0.932 bits per heavy atom. The summed E-state index contributed by atoms with van der Waals surface area (Å²) in [7, 11) is -3.08. The molecule has 3 aliphatic heterocycles. The number of ether oxygens (including phenoxy) is 8. The first-order valence-corrected chi connectivity index (χ1v) is 27.6. The van der Waals surface area contributed by atoms with Crippen LogP contribution in [0.25, 0.3) is 0 Å². The highest BCUT2D eigenvalue weighted by molar-refractivity contribution is 6.99. The van der Waals surface area contributed by atoms with Crippen LogP contribution < -0.4 is 10.4 Å². The third-order valence-corrected chi connectivity index (χ3v) is 19.2. The van der Waals surface area contributed by atoms with Crippen LogP contribution in [0.1, 0.15) is 63.3 Å². The van der Waals surface area contributed by atoms with Crippen LogP contribution in [0, 0.1) is 0 Å². The van der Waals surface area contributed by atoms with Crippen LogP contribution in [-0.4, -0.2) is 99.6 Å². The largest absolute Gasteiger partial charge is 0.405 e. The first-order valence-electron chi connectivity index (χ1n) is 25.7. The highest BCUT2D eigenvalue weighted by Crippen LogP contribution is 2.43. The van der Waals surface area contributed by atoms with Gasteiger partial charge in [0.2, 0.25) is 0 Å². The summed E-state index contributed by atoms with van der Waals surface area (Å²) in [5, 5.41) is 14.1. The summed E-state index contributed by atoms with van der Waals surface area (Å²) in [5.41, 5.74) is 3.85. The minimum Gasteiger partial charge on any atom is -0.405 e. The highest BCUT2D eigenvalue weighted by atomic mass is 28.4. The van der Waals surface area contributed by atoms with Crippen LogP contribution in [0.2, 0.25) is 5.04 Å². The highest BCUT2D eigenvalue weighted by Gasteiger charge is 2.59. The Kier molecular flexibility index (Phi) is 17.5. The van der Waals surface area contributed by atoms with Gasteiger partial charge in [-0.3, -0.25) is 0 Å². The number of rotatable bonds is 21. The number of hydrogen-bond acceptors (Lipinski definition) is 10. The average Bonchev–Trinajstić information content (AvgIpc) is 3.75. The van der Waals surface area contributed by atoms with Crippen LogP contribution in [0.5, 0.6) is 0 Å². The number of fused-ring (bicyclic) bond motifs is 1. The summed E-state index contributed by atoms with van der Waals surface area (Å²) < 4.78 is 79.5. The van der Waals surface area contributed by atoms with Gasteiger partial charge in [0, 0.05) is 6.42 Å². The molecular formula is C61H71FO10Si. The fourth-order valence-corrected chi connectivity index (χ4v) is 15.3. The monoisotopic (exact) mass is 1010 g/mol. The zero-order valence-electron chi connectivity index (χ0n) is 42.6. The Bertz CT molecular complexity index is 2520. The van der Waals surface area contributed by atoms with Crippen LogP contribution in [0.4, 0.5) is 4.39 Å². The van der Waals surface area contributed by atoms with Crippen molar-refractivity contribution >= 4 is 18.7 Å².